The number of aromatic nitrogens is 2. The number of hydrogen-bond acceptors (Lipinski definition) is 4. The van der Waals surface area contributed by atoms with Crippen molar-refractivity contribution >= 4 is 17.7 Å². The van der Waals surface area contributed by atoms with Crippen LogP contribution in [-0.4, -0.2) is 45.9 Å². The molecule has 1 heterocycles. The molecule has 6 heteroatoms. The first-order valence-electron chi connectivity index (χ1n) is 5.13. The predicted octanol–water partition coefficient (Wildman–Crippen LogP) is 0.448. The summed E-state index contributed by atoms with van der Waals surface area (Å²) < 4.78 is 0. The number of imidazole rings is 1. The molecule has 0 saturated heterocycles. The second-order valence-corrected chi connectivity index (χ2v) is 4.60. The summed E-state index contributed by atoms with van der Waals surface area (Å²) in [5.41, 5.74) is 5.80. The Kier molecular flexibility index (Phi) is 5.34. The van der Waals surface area contributed by atoms with Gasteiger partial charge in [0.1, 0.15) is 5.82 Å². The molecule has 0 aliphatic carbocycles. The zero-order valence-electron chi connectivity index (χ0n) is 9.64. The number of H-pyrrole nitrogens is 1. The Morgan fingerprint density at radius 3 is 3.06 bits per heavy atom. The summed E-state index contributed by atoms with van der Waals surface area (Å²) in [4.78, 5) is 20.4. The molecular weight excluding hydrogens is 224 g/mol. The molecule has 0 aliphatic rings. The van der Waals surface area contributed by atoms with Crippen LogP contribution in [0.2, 0.25) is 0 Å². The average Bonchev–Trinajstić information content (AvgIpc) is 2.77. The summed E-state index contributed by atoms with van der Waals surface area (Å²) in [6.45, 7) is 0.471. The van der Waals surface area contributed by atoms with Crippen molar-refractivity contribution in [2.24, 2.45) is 5.73 Å². The third kappa shape index (κ3) is 3.86. The van der Waals surface area contributed by atoms with Gasteiger partial charge in [0.2, 0.25) is 5.91 Å². The molecule has 0 saturated carbocycles. The first-order valence-corrected chi connectivity index (χ1v) is 6.52. The number of nitrogens with two attached hydrogens (primary N) is 1. The third-order valence-corrected chi connectivity index (χ3v) is 2.91. The topological polar surface area (TPSA) is 75.0 Å². The van der Waals surface area contributed by atoms with E-state index in [2.05, 4.69) is 9.97 Å². The molecule has 0 bridgehead atoms. The molecular formula is C10H18N4OS. The number of thioether (sulfide) groups is 1. The lowest BCUT2D eigenvalue weighted by Gasteiger charge is -2.20. The maximum atomic E-state index is 11.8. The van der Waals surface area contributed by atoms with Gasteiger partial charge in [-0.2, -0.15) is 11.8 Å². The molecule has 1 atom stereocenters. The van der Waals surface area contributed by atoms with Crippen LogP contribution in [0.15, 0.2) is 12.4 Å². The van der Waals surface area contributed by atoms with Crippen molar-refractivity contribution < 1.29 is 4.79 Å². The van der Waals surface area contributed by atoms with Gasteiger partial charge in [-0.15, -0.1) is 0 Å². The van der Waals surface area contributed by atoms with Crippen LogP contribution in [0.4, 0.5) is 0 Å². The van der Waals surface area contributed by atoms with Gasteiger partial charge in [-0.25, -0.2) is 4.98 Å². The molecule has 3 N–H and O–H groups in total. The van der Waals surface area contributed by atoms with Crippen molar-refractivity contribution in [1.82, 2.24) is 14.9 Å². The van der Waals surface area contributed by atoms with Crippen molar-refractivity contribution in [2.75, 3.05) is 19.1 Å². The number of carbonyl (C=O) groups is 1. The highest BCUT2D eigenvalue weighted by Crippen LogP contribution is 2.03. The van der Waals surface area contributed by atoms with Crippen LogP contribution in [0, 0.1) is 0 Å². The van der Waals surface area contributed by atoms with E-state index in [4.69, 9.17) is 5.73 Å². The lowest BCUT2D eigenvalue weighted by atomic mass is 10.2. The quantitative estimate of drug-likeness (QED) is 0.759. The van der Waals surface area contributed by atoms with Crippen LogP contribution < -0.4 is 5.73 Å². The van der Waals surface area contributed by atoms with Gasteiger partial charge in [0, 0.05) is 19.4 Å². The number of likely N-dealkylation sites (N-methyl/N-ethyl adjacent to an activating group) is 1. The van der Waals surface area contributed by atoms with Gasteiger partial charge >= 0.3 is 0 Å². The molecule has 1 amide bonds. The number of carbonyl (C=O) groups excluding carboxylic acids is 1. The number of rotatable bonds is 6. The SMILES string of the molecule is CSCC[C@H](N)C(=O)N(C)Cc1ncc[nH]1. The predicted molar refractivity (Wildman–Crippen MR) is 66.0 cm³/mol. The number of nitrogens with one attached hydrogen (secondary N) is 1. The Morgan fingerprint density at radius 2 is 2.50 bits per heavy atom. The average molecular weight is 242 g/mol. The minimum Gasteiger partial charge on any atom is -0.347 e. The summed E-state index contributed by atoms with van der Waals surface area (Å²) in [7, 11) is 1.74. The maximum absolute atomic E-state index is 11.8. The summed E-state index contributed by atoms with van der Waals surface area (Å²) in [5, 5.41) is 0. The number of aromatic amines is 1. The summed E-state index contributed by atoms with van der Waals surface area (Å²) in [6, 6.07) is -0.410. The van der Waals surface area contributed by atoms with Crippen molar-refractivity contribution in [3.8, 4) is 0 Å². The first kappa shape index (κ1) is 13.1. The Morgan fingerprint density at radius 1 is 1.75 bits per heavy atom. The monoisotopic (exact) mass is 242 g/mol. The van der Waals surface area contributed by atoms with Crippen LogP contribution in [0.25, 0.3) is 0 Å². The summed E-state index contributed by atoms with van der Waals surface area (Å²) in [6.07, 6.45) is 6.12. The van der Waals surface area contributed by atoms with Crippen LogP contribution in [0.5, 0.6) is 0 Å². The van der Waals surface area contributed by atoms with Crippen LogP contribution >= 0.6 is 11.8 Å². The minimum absolute atomic E-state index is 0.0366. The molecule has 0 aliphatic heterocycles. The van der Waals surface area contributed by atoms with Crippen LogP contribution in [0.3, 0.4) is 0 Å². The van der Waals surface area contributed by atoms with Gasteiger partial charge in [0.15, 0.2) is 0 Å². The number of amides is 1. The second kappa shape index (κ2) is 6.55. The van der Waals surface area contributed by atoms with E-state index in [-0.39, 0.29) is 5.91 Å². The molecule has 90 valence electrons. The summed E-state index contributed by atoms with van der Waals surface area (Å²) in [5.74, 6) is 1.64. The molecule has 1 aromatic heterocycles. The van der Waals surface area contributed by atoms with Crippen molar-refractivity contribution in [2.45, 2.75) is 19.0 Å². The fourth-order valence-electron chi connectivity index (χ4n) is 1.34. The Hall–Kier alpha value is -1.01. The largest absolute Gasteiger partial charge is 0.347 e. The normalized spacial score (nSPS) is 12.4. The smallest absolute Gasteiger partial charge is 0.239 e. The van der Waals surface area contributed by atoms with Gasteiger partial charge in [-0.05, 0) is 18.4 Å². The van der Waals surface area contributed by atoms with E-state index in [0.29, 0.717) is 13.0 Å². The molecule has 0 unspecified atom stereocenters. The van der Waals surface area contributed by atoms with Crippen molar-refractivity contribution in [1.29, 1.82) is 0 Å². The molecule has 0 aromatic carbocycles. The van der Waals surface area contributed by atoms with Crippen LogP contribution in [0.1, 0.15) is 12.2 Å². The Bertz CT molecular complexity index is 315. The first-order chi connectivity index (χ1) is 7.65. The lowest BCUT2D eigenvalue weighted by Crippen LogP contribution is -2.41. The van der Waals surface area contributed by atoms with Crippen molar-refractivity contribution in [3.05, 3.63) is 18.2 Å². The third-order valence-electron chi connectivity index (χ3n) is 2.27. The molecule has 0 fully saturated rings. The van der Waals surface area contributed by atoms with Crippen molar-refractivity contribution in [3.63, 3.8) is 0 Å². The molecule has 16 heavy (non-hydrogen) atoms. The highest BCUT2D eigenvalue weighted by atomic mass is 32.2. The highest BCUT2D eigenvalue weighted by molar-refractivity contribution is 7.98. The molecule has 1 aromatic rings. The van der Waals surface area contributed by atoms with Gasteiger partial charge in [-0.1, -0.05) is 0 Å². The molecule has 5 nitrogen and oxygen atoms in total. The van der Waals surface area contributed by atoms with E-state index >= 15 is 0 Å². The molecule has 0 radical (unpaired) electrons. The fraction of sp³-hybridized carbons (Fsp3) is 0.600. The Balaban J connectivity index is 2.41. The zero-order chi connectivity index (χ0) is 12.0. The van der Waals surface area contributed by atoms with Gasteiger partial charge < -0.3 is 15.6 Å². The fourth-order valence-corrected chi connectivity index (χ4v) is 1.83. The zero-order valence-corrected chi connectivity index (χ0v) is 10.5. The number of hydrogen-bond donors (Lipinski definition) is 2. The second-order valence-electron chi connectivity index (χ2n) is 3.62. The van der Waals surface area contributed by atoms with Gasteiger partial charge in [0.05, 0.1) is 12.6 Å². The molecule has 0 spiro atoms. The highest BCUT2D eigenvalue weighted by Gasteiger charge is 2.18. The minimum atomic E-state index is -0.410. The van der Waals surface area contributed by atoms with Crippen LogP contribution in [-0.2, 0) is 11.3 Å². The maximum Gasteiger partial charge on any atom is 0.239 e. The van der Waals surface area contributed by atoms with E-state index in [0.717, 1.165) is 11.6 Å². The number of nitrogens with zero attached hydrogens (tertiary/aromatic N) is 2. The van der Waals surface area contributed by atoms with E-state index in [1.54, 1.807) is 36.1 Å². The summed E-state index contributed by atoms with van der Waals surface area (Å²) >= 11 is 1.70. The van der Waals surface area contributed by atoms with Gasteiger partial charge in [-0.3, -0.25) is 4.79 Å². The van der Waals surface area contributed by atoms with E-state index in [9.17, 15) is 4.79 Å². The van der Waals surface area contributed by atoms with E-state index < -0.39 is 6.04 Å². The Labute approximate surface area is 99.8 Å². The van der Waals surface area contributed by atoms with Gasteiger partial charge in [0.25, 0.3) is 0 Å². The molecule has 1 rings (SSSR count). The lowest BCUT2D eigenvalue weighted by molar-refractivity contribution is -0.131. The standard InChI is InChI=1S/C10H18N4OS/c1-14(7-9-12-4-5-13-9)10(15)8(11)3-6-16-2/h4-5,8H,3,6-7,11H2,1-2H3,(H,12,13)/t8-/m0/s1. The van der Waals surface area contributed by atoms with E-state index in [1.807, 2.05) is 6.26 Å². The van der Waals surface area contributed by atoms with E-state index in [1.165, 1.54) is 0 Å².